The maximum atomic E-state index is 13.2. The normalized spacial score (nSPS) is 15.1. The topological polar surface area (TPSA) is 96.2 Å². The van der Waals surface area contributed by atoms with Crippen LogP contribution in [-0.4, -0.2) is 56.0 Å². The Kier molecular flexibility index (Phi) is 7.50. The molecule has 170 valence electrons. The van der Waals surface area contributed by atoms with Gasteiger partial charge in [-0.15, -0.1) is 0 Å². The number of amides is 1. The summed E-state index contributed by atoms with van der Waals surface area (Å²) in [6, 6.07) is 14.9. The number of thiocarbonyl (C=S) groups is 1. The number of aromatic nitrogens is 2. The van der Waals surface area contributed by atoms with Gasteiger partial charge >= 0.3 is 0 Å². The van der Waals surface area contributed by atoms with Crippen LogP contribution in [0.15, 0.2) is 64.4 Å². The second kappa shape index (κ2) is 10.7. The number of aliphatic hydroxyl groups excluding tert-OH is 1. The first kappa shape index (κ1) is 23.1. The number of carbonyl (C=O) groups excluding carboxylic acids is 1. The number of thioether (sulfide) groups is 1. The zero-order chi connectivity index (χ0) is 23.2. The number of ether oxygens (including phenoxy) is 1. The first-order valence-electron chi connectivity index (χ1n) is 10.3. The minimum atomic E-state index is -0.298. The second-order valence-electron chi connectivity index (χ2n) is 7.12. The summed E-state index contributed by atoms with van der Waals surface area (Å²) >= 11 is 6.61. The van der Waals surface area contributed by atoms with E-state index in [1.54, 1.807) is 30.5 Å². The summed E-state index contributed by atoms with van der Waals surface area (Å²) in [7, 11) is 0. The van der Waals surface area contributed by atoms with Gasteiger partial charge in [-0.25, -0.2) is 4.98 Å². The van der Waals surface area contributed by atoms with Crippen LogP contribution in [0.5, 0.6) is 0 Å². The van der Waals surface area contributed by atoms with Crippen LogP contribution in [0.1, 0.15) is 11.1 Å². The number of benzene rings is 1. The van der Waals surface area contributed by atoms with Gasteiger partial charge in [-0.3, -0.25) is 18.9 Å². The van der Waals surface area contributed by atoms with E-state index in [-0.39, 0.29) is 30.2 Å². The van der Waals surface area contributed by atoms with Crippen LogP contribution in [0.2, 0.25) is 0 Å². The fourth-order valence-electron chi connectivity index (χ4n) is 3.31. The van der Waals surface area contributed by atoms with E-state index in [1.807, 2.05) is 30.3 Å². The van der Waals surface area contributed by atoms with Crippen molar-refractivity contribution in [2.45, 2.75) is 6.54 Å². The van der Waals surface area contributed by atoms with Crippen LogP contribution in [0.3, 0.4) is 0 Å². The van der Waals surface area contributed by atoms with Crippen molar-refractivity contribution in [1.29, 1.82) is 0 Å². The summed E-state index contributed by atoms with van der Waals surface area (Å²) < 4.78 is 7.15. The fourth-order valence-corrected chi connectivity index (χ4v) is 4.55. The van der Waals surface area contributed by atoms with Crippen LogP contribution >= 0.6 is 24.0 Å². The Morgan fingerprint density at radius 1 is 1.12 bits per heavy atom. The van der Waals surface area contributed by atoms with Gasteiger partial charge in [0.25, 0.3) is 11.5 Å². The number of hydrogen-bond acceptors (Lipinski definition) is 8. The molecule has 4 rings (SSSR count). The Hall–Kier alpha value is -3.05. The first-order chi connectivity index (χ1) is 16.1. The zero-order valence-corrected chi connectivity index (χ0v) is 19.3. The lowest BCUT2D eigenvalue weighted by atomic mass is 10.2. The number of carbonyl (C=O) groups is 1. The van der Waals surface area contributed by atoms with E-state index >= 15 is 0 Å². The molecule has 0 atom stereocenters. The number of fused-ring (bicyclic) bond motifs is 1. The van der Waals surface area contributed by atoms with Gasteiger partial charge in [0.1, 0.15) is 15.8 Å². The molecular formula is C23H22N4O4S2. The van der Waals surface area contributed by atoms with Gasteiger partial charge in [0, 0.05) is 12.7 Å². The average molecular weight is 483 g/mol. The molecule has 2 aromatic heterocycles. The predicted molar refractivity (Wildman–Crippen MR) is 133 cm³/mol. The largest absolute Gasteiger partial charge is 0.394 e. The highest BCUT2D eigenvalue weighted by Gasteiger charge is 2.32. The molecule has 0 saturated carbocycles. The lowest BCUT2D eigenvalue weighted by Gasteiger charge is -2.14. The lowest BCUT2D eigenvalue weighted by molar-refractivity contribution is -0.122. The summed E-state index contributed by atoms with van der Waals surface area (Å²) in [5.41, 5.74) is 1.41. The maximum Gasteiger partial charge on any atom is 0.267 e. The standard InChI is InChI=1S/C23H22N4O4S2/c28-11-13-31-12-9-24-20-17(21(29)26-10-5-4-8-19(26)25-20)14-18-22(30)27(23(32)33-18)15-16-6-2-1-3-7-16/h1-8,10,14,24,28H,9,11-13,15H2/b18-14-. The molecule has 3 heterocycles. The number of aliphatic hydroxyl groups is 1. The van der Waals surface area contributed by atoms with Crippen molar-refractivity contribution in [2.75, 3.05) is 31.7 Å². The molecular weight excluding hydrogens is 460 g/mol. The molecule has 0 bridgehead atoms. The van der Waals surface area contributed by atoms with Gasteiger partial charge in [-0.05, 0) is 23.8 Å². The van der Waals surface area contributed by atoms with Crippen molar-refractivity contribution in [3.05, 3.63) is 81.1 Å². The molecule has 1 fully saturated rings. The van der Waals surface area contributed by atoms with Crippen molar-refractivity contribution < 1.29 is 14.6 Å². The molecule has 1 aliphatic heterocycles. The lowest BCUT2D eigenvalue weighted by Crippen LogP contribution is -2.27. The van der Waals surface area contributed by atoms with Gasteiger partial charge in [0.05, 0.1) is 36.8 Å². The number of anilines is 1. The number of nitrogens with one attached hydrogen (secondary N) is 1. The Balaban J connectivity index is 1.65. The van der Waals surface area contributed by atoms with Crippen LogP contribution < -0.4 is 10.9 Å². The molecule has 0 aliphatic carbocycles. The summed E-state index contributed by atoms with van der Waals surface area (Å²) in [5.74, 6) is 0.107. The molecule has 33 heavy (non-hydrogen) atoms. The second-order valence-corrected chi connectivity index (χ2v) is 8.80. The summed E-state index contributed by atoms with van der Waals surface area (Å²) in [5, 5.41) is 12.0. The van der Waals surface area contributed by atoms with E-state index in [2.05, 4.69) is 10.3 Å². The molecule has 0 spiro atoms. The van der Waals surface area contributed by atoms with E-state index in [0.29, 0.717) is 40.4 Å². The Labute approximate surface area is 199 Å². The minimum absolute atomic E-state index is 0.0638. The highest BCUT2D eigenvalue weighted by Crippen LogP contribution is 2.34. The highest BCUT2D eigenvalue weighted by atomic mass is 32.2. The summed E-state index contributed by atoms with van der Waals surface area (Å²) in [4.78, 5) is 32.8. The Morgan fingerprint density at radius 3 is 2.70 bits per heavy atom. The van der Waals surface area contributed by atoms with E-state index in [9.17, 15) is 9.59 Å². The predicted octanol–water partition coefficient (Wildman–Crippen LogP) is 2.52. The van der Waals surface area contributed by atoms with Crippen LogP contribution in [0.4, 0.5) is 5.82 Å². The van der Waals surface area contributed by atoms with Crippen LogP contribution in [0, 0.1) is 0 Å². The SMILES string of the molecule is O=C1/C(=C/c2c(NCCOCCO)nc3ccccn3c2=O)SC(=S)N1Cc1ccccc1. The molecule has 3 aromatic rings. The van der Waals surface area contributed by atoms with E-state index in [0.717, 1.165) is 5.56 Å². The smallest absolute Gasteiger partial charge is 0.267 e. The van der Waals surface area contributed by atoms with Gasteiger partial charge in [0.2, 0.25) is 0 Å². The van der Waals surface area contributed by atoms with E-state index < -0.39 is 0 Å². The zero-order valence-electron chi connectivity index (χ0n) is 17.6. The van der Waals surface area contributed by atoms with Gasteiger partial charge < -0.3 is 15.2 Å². The minimum Gasteiger partial charge on any atom is -0.394 e. The van der Waals surface area contributed by atoms with Gasteiger partial charge in [0.15, 0.2) is 0 Å². The quantitative estimate of drug-likeness (QED) is 0.273. The van der Waals surface area contributed by atoms with Crippen molar-refractivity contribution in [3.8, 4) is 0 Å². The molecule has 1 aromatic carbocycles. The molecule has 1 saturated heterocycles. The number of pyridine rings is 1. The fraction of sp³-hybridized carbons (Fsp3) is 0.217. The number of hydrogen-bond donors (Lipinski definition) is 2. The maximum absolute atomic E-state index is 13.2. The third-order valence-corrected chi connectivity index (χ3v) is 6.25. The average Bonchev–Trinajstić information content (AvgIpc) is 3.09. The Morgan fingerprint density at radius 2 is 1.91 bits per heavy atom. The first-order valence-corrected chi connectivity index (χ1v) is 11.5. The van der Waals surface area contributed by atoms with E-state index in [1.165, 1.54) is 21.1 Å². The summed E-state index contributed by atoms with van der Waals surface area (Å²) in [6.07, 6.45) is 3.19. The third kappa shape index (κ3) is 5.31. The van der Waals surface area contributed by atoms with Crippen molar-refractivity contribution in [1.82, 2.24) is 14.3 Å². The van der Waals surface area contributed by atoms with Crippen LogP contribution in [0.25, 0.3) is 11.7 Å². The molecule has 0 radical (unpaired) electrons. The monoisotopic (exact) mass is 482 g/mol. The van der Waals surface area contributed by atoms with Crippen molar-refractivity contribution in [3.63, 3.8) is 0 Å². The Bertz CT molecular complexity index is 1260. The molecule has 10 heteroatoms. The van der Waals surface area contributed by atoms with Crippen molar-refractivity contribution >= 4 is 51.7 Å². The number of rotatable bonds is 9. The molecule has 1 amide bonds. The summed E-state index contributed by atoms with van der Waals surface area (Å²) in [6.45, 7) is 1.24. The highest BCUT2D eigenvalue weighted by molar-refractivity contribution is 8.26. The van der Waals surface area contributed by atoms with Gasteiger partial charge in [-0.2, -0.15) is 0 Å². The molecule has 1 aliphatic rings. The van der Waals surface area contributed by atoms with Crippen LogP contribution in [-0.2, 0) is 16.1 Å². The third-order valence-electron chi connectivity index (χ3n) is 4.88. The molecule has 2 N–H and O–H groups in total. The number of nitrogens with zero attached hydrogens (tertiary/aromatic N) is 3. The van der Waals surface area contributed by atoms with Crippen molar-refractivity contribution in [2.24, 2.45) is 0 Å². The van der Waals surface area contributed by atoms with Gasteiger partial charge in [-0.1, -0.05) is 60.4 Å². The van der Waals surface area contributed by atoms with E-state index in [4.69, 9.17) is 22.1 Å². The molecule has 8 nitrogen and oxygen atoms in total. The molecule has 0 unspecified atom stereocenters.